The van der Waals surface area contributed by atoms with Gasteiger partial charge in [-0.25, -0.2) is 4.68 Å². The minimum Gasteiger partial charge on any atom is -0.481 e. The molecule has 0 radical (unpaired) electrons. The Labute approximate surface area is 123 Å². The lowest BCUT2D eigenvalue weighted by Crippen LogP contribution is -2.26. The summed E-state index contributed by atoms with van der Waals surface area (Å²) >= 11 is 0. The van der Waals surface area contributed by atoms with Crippen molar-refractivity contribution in [3.05, 3.63) is 42.2 Å². The summed E-state index contributed by atoms with van der Waals surface area (Å²) < 4.78 is 1.75. The number of carboxylic acid groups (broad SMARTS) is 1. The van der Waals surface area contributed by atoms with Gasteiger partial charge in [0.1, 0.15) is 0 Å². The molecule has 1 aliphatic heterocycles. The SMILES string of the molecule is CC(c1cn(-c2ccccc2)nn1)N1CCC(C(=O)O)C1. The predicted molar refractivity (Wildman–Crippen MR) is 77.1 cm³/mol. The van der Waals surface area contributed by atoms with Crippen molar-refractivity contribution in [3.63, 3.8) is 0 Å². The highest BCUT2D eigenvalue weighted by atomic mass is 16.4. The minimum absolute atomic E-state index is 0.0758. The van der Waals surface area contributed by atoms with Crippen LogP contribution in [0.15, 0.2) is 36.5 Å². The number of carbonyl (C=O) groups is 1. The van der Waals surface area contributed by atoms with Crippen molar-refractivity contribution in [3.8, 4) is 5.69 Å². The molecule has 21 heavy (non-hydrogen) atoms. The number of benzene rings is 1. The van der Waals surface area contributed by atoms with Crippen LogP contribution in [0.2, 0.25) is 0 Å². The molecule has 0 aliphatic carbocycles. The van der Waals surface area contributed by atoms with E-state index in [0.717, 1.165) is 17.9 Å². The first-order valence-corrected chi connectivity index (χ1v) is 7.09. The molecule has 0 amide bonds. The minimum atomic E-state index is -0.711. The van der Waals surface area contributed by atoms with E-state index in [1.807, 2.05) is 43.5 Å². The van der Waals surface area contributed by atoms with E-state index in [2.05, 4.69) is 15.2 Å². The lowest BCUT2D eigenvalue weighted by Gasteiger charge is -2.21. The molecule has 6 heteroatoms. The Bertz CT molecular complexity index is 626. The molecule has 1 aromatic heterocycles. The van der Waals surface area contributed by atoms with Gasteiger partial charge in [0, 0.05) is 6.54 Å². The maximum Gasteiger partial charge on any atom is 0.307 e. The second-order valence-corrected chi connectivity index (χ2v) is 5.42. The molecule has 1 aliphatic rings. The number of rotatable bonds is 4. The van der Waals surface area contributed by atoms with E-state index in [1.54, 1.807) is 4.68 Å². The number of hydrogen-bond acceptors (Lipinski definition) is 4. The molecule has 1 N–H and O–H groups in total. The molecule has 1 saturated heterocycles. The first-order chi connectivity index (χ1) is 10.1. The first kappa shape index (κ1) is 13.8. The fourth-order valence-electron chi connectivity index (χ4n) is 2.70. The molecule has 3 rings (SSSR count). The van der Waals surface area contributed by atoms with Crippen molar-refractivity contribution in [2.75, 3.05) is 13.1 Å². The molecule has 0 spiro atoms. The Morgan fingerprint density at radius 1 is 1.38 bits per heavy atom. The van der Waals surface area contributed by atoms with E-state index in [0.29, 0.717) is 13.0 Å². The molecule has 1 aromatic carbocycles. The van der Waals surface area contributed by atoms with Crippen LogP contribution in [-0.2, 0) is 4.79 Å². The third-order valence-corrected chi connectivity index (χ3v) is 4.08. The first-order valence-electron chi connectivity index (χ1n) is 7.09. The molecule has 2 heterocycles. The van der Waals surface area contributed by atoms with Crippen molar-refractivity contribution >= 4 is 5.97 Å². The molecule has 1 fully saturated rings. The van der Waals surface area contributed by atoms with Gasteiger partial charge in [0.15, 0.2) is 0 Å². The summed E-state index contributed by atoms with van der Waals surface area (Å²) in [6.07, 6.45) is 2.61. The Balaban J connectivity index is 1.73. The predicted octanol–water partition coefficient (Wildman–Crippen LogP) is 1.73. The van der Waals surface area contributed by atoms with E-state index in [1.165, 1.54) is 0 Å². The van der Waals surface area contributed by atoms with Crippen molar-refractivity contribution in [1.82, 2.24) is 19.9 Å². The van der Waals surface area contributed by atoms with Crippen LogP contribution in [0.25, 0.3) is 5.69 Å². The summed E-state index contributed by atoms with van der Waals surface area (Å²) in [4.78, 5) is 13.2. The average Bonchev–Trinajstić information content (AvgIpc) is 3.17. The van der Waals surface area contributed by atoms with Crippen LogP contribution in [0, 0.1) is 5.92 Å². The molecular weight excluding hydrogens is 268 g/mol. The summed E-state index contributed by atoms with van der Waals surface area (Å²) in [6.45, 7) is 3.41. The van der Waals surface area contributed by atoms with Gasteiger partial charge in [0.05, 0.1) is 29.5 Å². The lowest BCUT2D eigenvalue weighted by molar-refractivity contribution is -0.141. The van der Waals surface area contributed by atoms with Gasteiger partial charge in [0.2, 0.25) is 0 Å². The standard InChI is InChI=1S/C15H18N4O2/c1-11(18-8-7-12(9-18)15(20)21)14-10-19(17-16-14)13-5-3-2-4-6-13/h2-6,10-12H,7-9H2,1H3,(H,20,21). The van der Waals surface area contributed by atoms with Crippen LogP contribution >= 0.6 is 0 Å². The normalized spacial score (nSPS) is 20.5. The van der Waals surface area contributed by atoms with Gasteiger partial charge in [-0.1, -0.05) is 23.4 Å². The maximum absolute atomic E-state index is 11.0. The van der Waals surface area contributed by atoms with Crippen LogP contribution in [-0.4, -0.2) is 44.1 Å². The van der Waals surface area contributed by atoms with Gasteiger partial charge >= 0.3 is 5.97 Å². The summed E-state index contributed by atoms with van der Waals surface area (Å²) in [5, 5.41) is 17.5. The van der Waals surface area contributed by atoms with Crippen LogP contribution in [0.4, 0.5) is 0 Å². The fourth-order valence-corrected chi connectivity index (χ4v) is 2.70. The van der Waals surface area contributed by atoms with E-state index in [-0.39, 0.29) is 12.0 Å². The van der Waals surface area contributed by atoms with Crippen molar-refractivity contribution in [1.29, 1.82) is 0 Å². The van der Waals surface area contributed by atoms with Gasteiger partial charge in [-0.05, 0) is 32.0 Å². The lowest BCUT2D eigenvalue weighted by atomic mass is 10.1. The van der Waals surface area contributed by atoms with E-state index in [9.17, 15) is 4.79 Å². The van der Waals surface area contributed by atoms with Crippen LogP contribution < -0.4 is 0 Å². The second-order valence-electron chi connectivity index (χ2n) is 5.42. The third kappa shape index (κ3) is 2.80. The van der Waals surface area contributed by atoms with E-state index < -0.39 is 5.97 Å². The van der Waals surface area contributed by atoms with Gasteiger partial charge in [-0.2, -0.15) is 0 Å². The molecule has 2 unspecified atom stereocenters. The number of hydrogen-bond donors (Lipinski definition) is 1. The monoisotopic (exact) mass is 286 g/mol. The van der Waals surface area contributed by atoms with Crippen molar-refractivity contribution < 1.29 is 9.90 Å². The van der Waals surface area contributed by atoms with Gasteiger partial charge in [-0.15, -0.1) is 5.10 Å². The van der Waals surface area contributed by atoms with Gasteiger partial charge in [-0.3, -0.25) is 9.69 Å². The number of carboxylic acids is 1. The van der Waals surface area contributed by atoms with Gasteiger partial charge in [0.25, 0.3) is 0 Å². The van der Waals surface area contributed by atoms with Crippen LogP contribution in [0.3, 0.4) is 0 Å². The molecular formula is C15H18N4O2. The molecule has 6 nitrogen and oxygen atoms in total. The Morgan fingerprint density at radius 2 is 2.14 bits per heavy atom. The van der Waals surface area contributed by atoms with Crippen molar-refractivity contribution in [2.45, 2.75) is 19.4 Å². The number of aliphatic carboxylic acids is 1. The smallest absolute Gasteiger partial charge is 0.307 e. The number of aromatic nitrogens is 3. The summed E-state index contributed by atoms with van der Waals surface area (Å²) in [5.41, 5.74) is 1.83. The van der Waals surface area contributed by atoms with Crippen molar-refractivity contribution in [2.24, 2.45) is 5.92 Å². The second kappa shape index (κ2) is 5.65. The zero-order valence-corrected chi connectivity index (χ0v) is 11.9. The van der Waals surface area contributed by atoms with Gasteiger partial charge < -0.3 is 5.11 Å². The highest BCUT2D eigenvalue weighted by Gasteiger charge is 2.31. The maximum atomic E-state index is 11.0. The van der Waals surface area contributed by atoms with E-state index in [4.69, 9.17) is 5.11 Å². The highest BCUT2D eigenvalue weighted by Crippen LogP contribution is 2.26. The average molecular weight is 286 g/mol. The highest BCUT2D eigenvalue weighted by molar-refractivity contribution is 5.70. The summed E-state index contributed by atoms with van der Waals surface area (Å²) in [6, 6.07) is 9.89. The number of nitrogens with zero attached hydrogens (tertiary/aromatic N) is 4. The molecule has 2 aromatic rings. The third-order valence-electron chi connectivity index (χ3n) is 4.08. The molecule has 2 atom stereocenters. The number of para-hydroxylation sites is 1. The molecule has 0 saturated carbocycles. The fraction of sp³-hybridized carbons (Fsp3) is 0.400. The Morgan fingerprint density at radius 3 is 2.81 bits per heavy atom. The molecule has 0 bridgehead atoms. The van der Waals surface area contributed by atoms with E-state index >= 15 is 0 Å². The Kier molecular flexibility index (Phi) is 3.70. The zero-order chi connectivity index (χ0) is 14.8. The van der Waals surface area contributed by atoms with Crippen LogP contribution in [0.1, 0.15) is 25.1 Å². The zero-order valence-electron chi connectivity index (χ0n) is 11.9. The quantitative estimate of drug-likeness (QED) is 0.927. The summed E-state index contributed by atoms with van der Waals surface area (Å²) in [5.74, 6) is -0.978. The Hall–Kier alpha value is -2.21. The van der Waals surface area contributed by atoms with Crippen LogP contribution in [0.5, 0.6) is 0 Å². The topological polar surface area (TPSA) is 71.2 Å². The molecule has 110 valence electrons. The largest absolute Gasteiger partial charge is 0.481 e. The number of likely N-dealkylation sites (tertiary alicyclic amines) is 1. The summed E-state index contributed by atoms with van der Waals surface area (Å²) in [7, 11) is 0.